The minimum Gasteiger partial charge on any atom is -0.726 e. The summed E-state index contributed by atoms with van der Waals surface area (Å²) in [5, 5.41) is 12.1. The van der Waals surface area contributed by atoms with Crippen LogP contribution in [0.2, 0.25) is 0 Å². The number of ether oxygens (including phenoxy) is 1. The van der Waals surface area contributed by atoms with Crippen molar-refractivity contribution in [3.8, 4) is 5.75 Å². The first kappa shape index (κ1) is 21.7. The van der Waals surface area contributed by atoms with E-state index in [-0.39, 0.29) is 6.04 Å². The lowest BCUT2D eigenvalue weighted by Gasteiger charge is -2.50. The van der Waals surface area contributed by atoms with E-state index in [1.165, 1.54) is 6.42 Å². The molecule has 3 aliphatic rings. The van der Waals surface area contributed by atoms with Crippen LogP contribution in [0.5, 0.6) is 5.75 Å². The second kappa shape index (κ2) is 8.76. The first-order chi connectivity index (χ1) is 13.7. The molecule has 9 heteroatoms. The molecule has 3 fully saturated rings. The Morgan fingerprint density at radius 3 is 2.72 bits per heavy atom. The van der Waals surface area contributed by atoms with Crippen molar-refractivity contribution in [1.29, 1.82) is 0 Å². The van der Waals surface area contributed by atoms with Gasteiger partial charge in [-0.25, -0.2) is 8.42 Å². The number of benzene rings is 1. The molecular weight excluding hydrogens is 396 g/mol. The topological polar surface area (TPSA) is 123 Å². The predicted molar refractivity (Wildman–Crippen MR) is 107 cm³/mol. The number of nitrogens with zero attached hydrogens (tertiary/aromatic N) is 2. The number of hydrogen-bond acceptors (Lipinski definition) is 7. The Labute approximate surface area is 170 Å². The normalized spacial score (nSPS) is 27.0. The van der Waals surface area contributed by atoms with E-state index in [1.54, 1.807) is 13.3 Å². The van der Waals surface area contributed by atoms with Gasteiger partial charge >= 0.3 is 0 Å². The number of aromatic nitrogens is 1. The van der Waals surface area contributed by atoms with Gasteiger partial charge in [0.1, 0.15) is 5.75 Å². The maximum absolute atomic E-state index is 11.2. The molecule has 0 saturated carbocycles. The summed E-state index contributed by atoms with van der Waals surface area (Å²) in [5.41, 5.74) is 1.85. The van der Waals surface area contributed by atoms with E-state index in [1.807, 2.05) is 24.3 Å². The molecule has 2 bridgehead atoms. The second-order valence-electron chi connectivity index (χ2n) is 7.40. The third-order valence-corrected chi connectivity index (χ3v) is 5.82. The highest BCUT2D eigenvalue weighted by atomic mass is 32.3. The van der Waals surface area contributed by atoms with E-state index in [9.17, 15) is 5.11 Å². The Morgan fingerprint density at radius 1 is 1.41 bits per heavy atom. The van der Waals surface area contributed by atoms with Gasteiger partial charge in [0.2, 0.25) is 10.4 Å². The Hall–Kier alpha value is -2.04. The number of pyridine rings is 1. The first-order valence-corrected chi connectivity index (χ1v) is 10.7. The Morgan fingerprint density at radius 2 is 2.14 bits per heavy atom. The molecule has 2 N–H and O–H groups in total. The fourth-order valence-corrected chi connectivity index (χ4v) is 4.44. The van der Waals surface area contributed by atoms with Crippen LogP contribution in [0.1, 0.15) is 24.5 Å². The molecule has 29 heavy (non-hydrogen) atoms. The van der Waals surface area contributed by atoms with Gasteiger partial charge in [0.15, 0.2) is 0 Å². The highest BCUT2D eigenvalue weighted by Crippen LogP contribution is 2.42. The molecule has 1 aromatic heterocycles. The molecular formula is C20H25N2O6S-. The monoisotopic (exact) mass is 421 g/mol. The van der Waals surface area contributed by atoms with Crippen molar-refractivity contribution in [2.45, 2.75) is 25.0 Å². The molecule has 158 valence electrons. The van der Waals surface area contributed by atoms with Gasteiger partial charge in [-0.15, -0.1) is 6.58 Å². The molecule has 5 rings (SSSR count). The second-order valence-corrected chi connectivity index (χ2v) is 8.26. The van der Waals surface area contributed by atoms with Crippen molar-refractivity contribution < 1.29 is 27.4 Å². The summed E-state index contributed by atoms with van der Waals surface area (Å²) in [5.74, 6) is 2.01. The molecule has 2 aromatic rings. The van der Waals surface area contributed by atoms with Crippen LogP contribution in [0.4, 0.5) is 0 Å². The lowest BCUT2D eigenvalue weighted by molar-refractivity contribution is -0.0444. The van der Waals surface area contributed by atoms with Crippen LogP contribution >= 0.6 is 0 Å². The average Bonchev–Trinajstić information content (AvgIpc) is 2.71. The van der Waals surface area contributed by atoms with E-state index >= 15 is 0 Å². The smallest absolute Gasteiger partial charge is 0.215 e. The molecule has 3 saturated heterocycles. The number of aliphatic hydroxyl groups excluding tert-OH is 1. The molecule has 5 atom stereocenters. The van der Waals surface area contributed by atoms with Gasteiger partial charge in [0.05, 0.1) is 18.7 Å². The van der Waals surface area contributed by atoms with E-state index < -0.39 is 16.5 Å². The van der Waals surface area contributed by atoms with Crippen molar-refractivity contribution in [3.05, 3.63) is 48.7 Å². The third kappa shape index (κ3) is 5.12. The highest BCUT2D eigenvalue weighted by Gasteiger charge is 2.42. The van der Waals surface area contributed by atoms with Crippen LogP contribution in [0.15, 0.2) is 43.1 Å². The molecule has 0 amide bonds. The van der Waals surface area contributed by atoms with E-state index in [0.29, 0.717) is 11.8 Å². The number of methoxy groups -OCH3 is 1. The molecule has 4 heterocycles. The lowest BCUT2D eigenvalue weighted by Crippen LogP contribution is -2.54. The van der Waals surface area contributed by atoms with Crippen LogP contribution in [-0.4, -0.2) is 58.8 Å². The zero-order valence-electron chi connectivity index (χ0n) is 16.1. The summed E-state index contributed by atoms with van der Waals surface area (Å²) in [4.78, 5) is 6.86. The molecule has 0 spiro atoms. The van der Waals surface area contributed by atoms with Crippen molar-refractivity contribution in [3.63, 3.8) is 0 Å². The summed E-state index contributed by atoms with van der Waals surface area (Å²) in [6.45, 7) is 6.07. The van der Waals surface area contributed by atoms with Crippen molar-refractivity contribution >= 4 is 21.3 Å². The highest BCUT2D eigenvalue weighted by molar-refractivity contribution is 7.79. The van der Waals surface area contributed by atoms with Gasteiger partial charge in [-0.05, 0) is 61.1 Å². The summed E-state index contributed by atoms with van der Waals surface area (Å²) < 4.78 is 38.2. The summed E-state index contributed by atoms with van der Waals surface area (Å²) >= 11 is 0. The van der Waals surface area contributed by atoms with Gasteiger partial charge < -0.3 is 14.4 Å². The largest absolute Gasteiger partial charge is 0.726 e. The van der Waals surface area contributed by atoms with Crippen LogP contribution < -0.4 is 4.74 Å². The fourth-order valence-electron chi connectivity index (χ4n) is 4.44. The van der Waals surface area contributed by atoms with Crippen molar-refractivity contribution in [2.75, 3.05) is 20.2 Å². The minimum atomic E-state index is -4.92. The third-order valence-electron chi connectivity index (χ3n) is 5.82. The van der Waals surface area contributed by atoms with Gasteiger partial charge in [0, 0.05) is 24.2 Å². The van der Waals surface area contributed by atoms with E-state index in [4.69, 9.17) is 22.3 Å². The zero-order valence-corrected chi connectivity index (χ0v) is 17.0. The number of piperidine rings is 3. The van der Waals surface area contributed by atoms with Gasteiger partial charge in [-0.3, -0.25) is 14.4 Å². The number of fused-ring (bicyclic) bond motifs is 4. The summed E-state index contributed by atoms with van der Waals surface area (Å²) in [6.07, 6.45) is 5.62. The van der Waals surface area contributed by atoms with Crippen molar-refractivity contribution in [1.82, 2.24) is 9.88 Å². The van der Waals surface area contributed by atoms with Gasteiger partial charge in [-0.1, -0.05) is 6.08 Å². The molecule has 3 aliphatic heterocycles. The molecule has 2 unspecified atom stereocenters. The summed E-state index contributed by atoms with van der Waals surface area (Å²) in [7, 11) is -3.26. The Bertz CT molecular complexity index is 972. The van der Waals surface area contributed by atoms with Crippen LogP contribution in [0.25, 0.3) is 10.9 Å². The summed E-state index contributed by atoms with van der Waals surface area (Å²) in [6, 6.07) is 7.96. The minimum absolute atomic E-state index is 0.178. The van der Waals surface area contributed by atoms with Crippen molar-refractivity contribution in [2.24, 2.45) is 11.8 Å². The van der Waals surface area contributed by atoms with E-state index in [2.05, 4.69) is 22.5 Å². The number of rotatable bonds is 4. The zero-order chi connectivity index (χ0) is 21.2. The standard InChI is InChI=1S/C20H24N2O2.H2O4S/c1-3-13-12-22-9-7-14(13)10-19(22)20(23)16-6-8-21-18-5-4-15(24-2)11-17(16)18;1-5(2,3)4/h3-6,8,11,13-14,19-20,23H,1,7,9-10,12H2,2H3;(H2,1,2,3,4)/p-1/t13-,14?,19-,20-;/m1./s1. The quantitative estimate of drug-likeness (QED) is 0.437. The Kier molecular flexibility index (Phi) is 6.55. The molecule has 1 aromatic carbocycles. The van der Waals surface area contributed by atoms with Gasteiger partial charge in [0.25, 0.3) is 0 Å². The Balaban J connectivity index is 0.000000431. The number of hydrogen-bond donors (Lipinski definition) is 2. The van der Waals surface area contributed by atoms with Crippen LogP contribution in [0.3, 0.4) is 0 Å². The van der Waals surface area contributed by atoms with Crippen LogP contribution in [0, 0.1) is 11.8 Å². The van der Waals surface area contributed by atoms with Crippen LogP contribution in [-0.2, 0) is 10.4 Å². The SMILES string of the molecule is C=C[C@@H]1CN2CCC1C[C@@H]2[C@H](O)c1ccnc2ccc(OC)cc12.O=S(=O)([O-])O. The fraction of sp³-hybridized carbons (Fsp3) is 0.450. The lowest BCUT2D eigenvalue weighted by atomic mass is 9.73. The molecule has 8 nitrogen and oxygen atoms in total. The molecule has 0 radical (unpaired) electrons. The van der Waals surface area contributed by atoms with Gasteiger partial charge in [-0.2, -0.15) is 0 Å². The molecule has 0 aliphatic carbocycles. The first-order valence-electron chi connectivity index (χ1n) is 9.37. The van der Waals surface area contributed by atoms with E-state index in [0.717, 1.165) is 41.7 Å². The maximum atomic E-state index is 11.2. The average molecular weight is 421 g/mol. The maximum Gasteiger partial charge on any atom is 0.215 e. The number of aliphatic hydroxyl groups is 1. The predicted octanol–water partition coefficient (Wildman–Crippen LogP) is 2.18.